The van der Waals surface area contributed by atoms with E-state index in [1.807, 2.05) is 16.9 Å². The normalized spacial score (nSPS) is 20.8. The zero-order chi connectivity index (χ0) is 11.7. The quantitative estimate of drug-likeness (QED) is 0.827. The molecule has 1 aromatic carbocycles. The summed E-state index contributed by atoms with van der Waals surface area (Å²) in [5.74, 6) is 0.975. The number of hydrogen-bond donors (Lipinski definition) is 2. The Morgan fingerprint density at radius 2 is 2.41 bits per heavy atom. The van der Waals surface area contributed by atoms with Crippen molar-refractivity contribution >= 4 is 10.9 Å². The van der Waals surface area contributed by atoms with Crippen LogP contribution in [-0.2, 0) is 6.54 Å². The van der Waals surface area contributed by atoms with E-state index >= 15 is 0 Å². The number of fused-ring (bicyclic) bond motifs is 1. The van der Waals surface area contributed by atoms with Crippen LogP contribution in [0, 0.1) is 5.92 Å². The predicted octanol–water partition coefficient (Wildman–Crippen LogP) is 1.74. The summed E-state index contributed by atoms with van der Waals surface area (Å²) in [6.07, 6.45) is 4.55. The Morgan fingerprint density at radius 1 is 1.47 bits per heavy atom. The molecule has 1 aliphatic rings. The predicted molar refractivity (Wildman–Crippen MR) is 67.0 cm³/mol. The number of nitrogens with zero attached hydrogens (tertiary/aromatic N) is 2. The molecule has 0 aliphatic carbocycles. The van der Waals surface area contributed by atoms with Gasteiger partial charge in [0.15, 0.2) is 0 Å². The van der Waals surface area contributed by atoms with E-state index in [1.165, 1.54) is 12.8 Å². The van der Waals surface area contributed by atoms with Crippen LogP contribution in [0.1, 0.15) is 12.8 Å². The van der Waals surface area contributed by atoms with E-state index in [1.54, 1.807) is 12.1 Å². The lowest BCUT2D eigenvalue weighted by atomic mass is 10.00. The lowest BCUT2D eigenvalue weighted by molar-refractivity contribution is 0.326. The highest BCUT2D eigenvalue weighted by molar-refractivity contribution is 5.79. The molecule has 0 amide bonds. The largest absolute Gasteiger partial charge is 0.508 e. The van der Waals surface area contributed by atoms with Crippen molar-refractivity contribution in [1.82, 2.24) is 15.1 Å². The minimum atomic E-state index is 0.302. The number of phenolic OH excluding ortho intramolecular Hbond substituents is 1. The Labute approximate surface area is 100 Å². The summed E-state index contributed by atoms with van der Waals surface area (Å²) in [6.45, 7) is 3.19. The monoisotopic (exact) mass is 231 g/mol. The molecule has 1 aliphatic heterocycles. The molecule has 4 heteroatoms. The first-order valence-corrected chi connectivity index (χ1v) is 6.18. The van der Waals surface area contributed by atoms with E-state index < -0.39 is 0 Å². The molecule has 0 bridgehead atoms. The molecule has 1 saturated heterocycles. The van der Waals surface area contributed by atoms with Gasteiger partial charge in [-0.15, -0.1) is 0 Å². The number of hydrogen-bond acceptors (Lipinski definition) is 3. The highest BCUT2D eigenvalue weighted by Gasteiger charge is 2.14. The molecule has 2 aromatic rings. The first-order valence-electron chi connectivity index (χ1n) is 6.18. The summed E-state index contributed by atoms with van der Waals surface area (Å²) >= 11 is 0. The van der Waals surface area contributed by atoms with Gasteiger partial charge in [0.1, 0.15) is 5.75 Å². The van der Waals surface area contributed by atoms with Gasteiger partial charge in [-0.1, -0.05) is 0 Å². The fourth-order valence-electron chi connectivity index (χ4n) is 2.50. The maximum atomic E-state index is 9.41. The summed E-state index contributed by atoms with van der Waals surface area (Å²) in [7, 11) is 0. The molecule has 90 valence electrons. The SMILES string of the molecule is Oc1ccc2nn(CC3CCCNC3)cc2c1. The average Bonchev–Trinajstić information content (AvgIpc) is 2.71. The Morgan fingerprint density at radius 3 is 3.24 bits per heavy atom. The van der Waals surface area contributed by atoms with Crippen molar-refractivity contribution < 1.29 is 5.11 Å². The summed E-state index contributed by atoms with van der Waals surface area (Å²) in [5.41, 5.74) is 0.951. The number of piperidine rings is 1. The van der Waals surface area contributed by atoms with Gasteiger partial charge in [-0.3, -0.25) is 4.68 Å². The van der Waals surface area contributed by atoms with Crippen LogP contribution in [0.2, 0.25) is 0 Å². The molecule has 2 heterocycles. The van der Waals surface area contributed by atoms with Gasteiger partial charge >= 0.3 is 0 Å². The zero-order valence-electron chi connectivity index (χ0n) is 9.76. The number of aromatic nitrogens is 2. The van der Waals surface area contributed by atoms with Gasteiger partial charge in [0.2, 0.25) is 0 Å². The summed E-state index contributed by atoms with van der Waals surface area (Å²) in [6, 6.07) is 5.31. The maximum Gasteiger partial charge on any atom is 0.116 e. The Hall–Kier alpha value is -1.55. The van der Waals surface area contributed by atoms with Gasteiger partial charge in [-0.25, -0.2) is 0 Å². The molecule has 17 heavy (non-hydrogen) atoms. The van der Waals surface area contributed by atoms with Crippen molar-refractivity contribution in [3.05, 3.63) is 24.4 Å². The molecule has 1 atom stereocenters. The van der Waals surface area contributed by atoms with Crippen molar-refractivity contribution in [2.45, 2.75) is 19.4 Å². The fraction of sp³-hybridized carbons (Fsp3) is 0.462. The summed E-state index contributed by atoms with van der Waals surface area (Å²) in [4.78, 5) is 0. The third kappa shape index (κ3) is 2.26. The van der Waals surface area contributed by atoms with Crippen molar-refractivity contribution in [2.24, 2.45) is 5.92 Å². The van der Waals surface area contributed by atoms with Gasteiger partial charge in [-0.05, 0) is 50.0 Å². The van der Waals surface area contributed by atoms with E-state index in [-0.39, 0.29) is 0 Å². The first kappa shape index (κ1) is 10.6. The minimum absolute atomic E-state index is 0.302. The lowest BCUT2D eigenvalue weighted by Crippen LogP contribution is -2.32. The van der Waals surface area contributed by atoms with Crippen molar-refractivity contribution in [2.75, 3.05) is 13.1 Å². The summed E-state index contributed by atoms with van der Waals surface area (Å²) in [5, 5.41) is 18.4. The molecule has 1 aromatic heterocycles. The highest BCUT2D eigenvalue weighted by atomic mass is 16.3. The standard InChI is InChI=1S/C13H17N3O/c17-12-3-4-13-11(6-12)9-16(15-13)8-10-2-1-5-14-7-10/h3-4,6,9-10,14,17H,1-2,5,7-8H2. The van der Waals surface area contributed by atoms with Crippen LogP contribution < -0.4 is 5.32 Å². The maximum absolute atomic E-state index is 9.41. The molecule has 0 spiro atoms. The second kappa shape index (κ2) is 4.37. The van der Waals surface area contributed by atoms with Gasteiger partial charge < -0.3 is 10.4 Å². The first-order chi connectivity index (χ1) is 8.31. The molecule has 1 fully saturated rings. The Kier molecular flexibility index (Phi) is 2.73. The number of nitrogens with one attached hydrogen (secondary N) is 1. The van der Waals surface area contributed by atoms with Gasteiger partial charge in [0.05, 0.1) is 5.52 Å². The average molecular weight is 231 g/mol. The minimum Gasteiger partial charge on any atom is -0.508 e. The van der Waals surface area contributed by atoms with Crippen LogP contribution in [-0.4, -0.2) is 28.0 Å². The van der Waals surface area contributed by atoms with E-state index in [9.17, 15) is 5.11 Å². The second-order valence-corrected chi connectivity index (χ2v) is 4.81. The van der Waals surface area contributed by atoms with Crippen LogP contribution >= 0.6 is 0 Å². The molecular weight excluding hydrogens is 214 g/mol. The Bertz CT molecular complexity index is 514. The third-order valence-electron chi connectivity index (χ3n) is 3.38. The third-order valence-corrected chi connectivity index (χ3v) is 3.38. The van der Waals surface area contributed by atoms with Gasteiger partial charge in [0.25, 0.3) is 0 Å². The van der Waals surface area contributed by atoms with E-state index in [4.69, 9.17) is 0 Å². The van der Waals surface area contributed by atoms with Gasteiger partial charge in [0, 0.05) is 18.1 Å². The molecular formula is C13H17N3O. The fourth-order valence-corrected chi connectivity index (χ4v) is 2.50. The van der Waals surface area contributed by atoms with Crippen molar-refractivity contribution in [3.8, 4) is 5.75 Å². The van der Waals surface area contributed by atoms with Gasteiger partial charge in [-0.2, -0.15) is 5.10 Å². The number of aromatic hydroxyl groups is 1. The van der Waals surface area contributed by atoms with E-state index in [2.05, 4.69) is 10.4 Å². The van der Waals surface area contributed by atoms with Crippen LogP contribution in [0.15, 0.2) is 24.4 Å². The summed E-state index contributed by atoms with van der Waals surface area (Å²) < 4.78 is 2.00. The lowest BCUT2D eigenvalue weighted by Gasteiger charge is -2.22. The molecule has 0 saturated carbocycles. The highest BCUT2D eigenvalue weighted by Crippen LogP contribution is 2.20. The smallest absolute Gasteiger partial charge is 0.116 e. The zero-order valence-corrected chi connectivity index (χ0v) is 9.76. The van der Waals surface area contributed by atoms with Crippen molar-refractivity contribution in [3.63, 3.8) is 0 Å². The molecule has 3 rings (SSSR count). The van der Waals surface area contributed by atoms with Crippen LogP contribution in [0.4, 0.5) is 0 Å². The topological polar surface area (TPSA) is 50.1 Å². The van der Waals surface area contributed by atoms with Crippen LogP contribution in [0.3, 0.4) is 0 Å². The number of benzene rings is 1. The Balaban J connectivity index is 1.80. The van der Waals surface area contributed by atoms with Crippen LogP contribution in [0.5, 0.6) is 5.75 Å². The molecule has 4 nitrogen and oxygen atoms in total. The molecule has 1 unspecified atom stereocenters. The van der Waals surface area contributed by atoms with Crippen LogP contribution in [0.25, 0.3) is 10.9 Å². The number of rotatable bonds is 2. The second-order valence-electron chi connectivity index (χ2n) is 4.81. The molecule has 0 radical (unpaired) electrons. The molecule has 2 N–H and O–H groups in total. The van der Waals surface area contributed by atoms with E-state index in [0.29, 0.717) is 11.7 Å². The van der Waals surface area contributed by atoms with Crippen molar-refractivity contribution in [1.29, 1.82) is 0 Å². The number of phenols is 1. The van der Waals surface area contributed by atoms with E-state index in [0.717, 1.165) is 30.5 Å².